The van der Waals surface area contributed by atoms with Crippen LogP contribution in [0.5, 0.6) is 11.9 Å². The Balaban J connectivity index is 1.36. The SMILES string of the molecule is COc1nc(-c2cnc(OC3CNC3)nc2)ccc1NC(=O)c1c(-c2ccccc2)noc1C. The average molecular weight is 458 g/mol. The van der Waals surface area contributed by atoms with Crippen molar-refractivity contribution in [1.29, 1.82) is 0 Å². The number of carbonyl (C=O) groups is 1. The Kier molecular flexibility index (Phi) is 5.88. The number of aromatic nitrogens is 4. The number of rotatable bonds is 7. The van der Waals surface area contributed by atoms with Gasteiger partial charge < -0.3 is 24.6 Å². The Morgan fingerprint density at radius 1 is 1.09 bits per heavy atom. The van der Waals surface area contributed by atoms with E-state index in [-0.39, 0.29) is 17.9 Å². The molecule has 3 aromatic heterocycles. The van der Waals surface area contributed by atoms with Gasteiger partial charge in [-0.3, -0.25) is 4.79 Å². The second-order valence-electron chi connectivity index (χ2n) is 7.69. The summed E-state index contributed by atoms with van der Waals surface area (Å²) in [7, 11) is 1.49. The van der Waals surface area contributed by atoms with Gasteiger partial charge in [0.25, 0.3) is 5.91 Å². The van der Waals surface area contributed by atoms with Gasteiger partial charge in [0.05, 0.1) is 12.8 Å². The van der Waals surface area contributed by atoms with Crippen LogP contribution >= 0.6 is 0 Å². The van der Waals surface area contributed by atoms with Crippen molar-refractivity contribution in [2.24, 2.45) is 0 Å². The third kappa shape index (κ3) is 4.30. The molecule has 1 aromatic carbocycles. The quantitative estimate of drug-likeness (QED) is 0.430. The van der Waals surface area contributed by atoms with Crippen molar-refractivity contribution in [2.45, 2.75) is 13.0 Å². The number of aryl methyl sites for hydroxylation is 1. The topological polar surface area (TPSA) is 124 Å². The van der Waals surface area contributed by atoms with E-state index in [2.05, 4.69) is 30.7 Å². The molecule has 0 aliphatic carbocycles. The maximum atomic E-state index is 13.1. The molecule has 4 heterocycles. The van der Waals surface area contributed by atoms with Crippen LogP contribution in [0.2, 0.25) is 0 Å². The van der Waals surface area contributed by atoms with Gasteiger partial charge in [0.1, 0.15) is 28.8 Å². The van der Waals surface area contributed by atoms with Gasteiger partial charge in [0.2, 0.25) is 5.88 Å². The van der Waals surface area contributed by atoms with Gasteiger partial charge >= 0.3 is 6.01 Å². The lowest BCUT2D eigenvalue weighted by molar-refractivity contribution is 0.102. The summed E-state index contributed by atoms with van der Waals surface area (Å²) in [4.78, 5) is 26.2. The first-order chi connectivity index (χ1) is 16.6. The van der Waals surface area contributed by atoms with Gasteiger partial charge in [-0.15, -0.1) is 0 Å². The molecule has 1 aliphatic heterocycles. The number of amides is 1. The number of pyridine rings is 1. The molecule has 0 bridgehead atoms. The van der Waals surface area contributed by atoms with E-state index in [1.165, 1.54) is 7.11 Å². The van der Waals surface area contributed by atoms with Crippen molar-refractivity contribution >= 4 is 11.6 Å². The van der Waals surface area contributed by atoms with Crippen molar-refractivity contribution in [3.8, 4) is 34.4 Å². The fourth-order valence-electron chi connectivity index (χ4n) is 3.47. The minimum Gasteiger partial charge on any atom is -0.479 e. The van der Waals surface area contributed by atoms with E-state index in [1.54, 1.807) is 31.5 Å². The van der Waals surface area contributed by atoms with Gasteiger partial charge in [-0.1, -0.05) is 35.5 Å². The second kappa shape index (κ2) is 9.28. The summed E-state index contributed by atoms with van der Waals surface area (Å²) in [6, 6.07) is 13.2. The van der Waals surface area contributed by atoms with Crippen molar-refractivity contribution in [3.63, 3.8) is 0 Å². The minimum atomic E-state index is -0.374. The number of hydrogen-bond acceptors (Lipinski definition) is 9. The first-order valence-corrected chi connectivity index (χ1v) is 10.7. The van der Waals surface area contributed by atoms with E-state index in [0.717, 1.165) is 18.7 Å². The maximum absolute atomic E-state index is 13.1. The van der Waals surface area contributed by atoms with Crippen molar-refractivity contribution < 1.29 is 18.8 Å². The van der Waals surface area contributed by atoms with Crippen LogP contribution in [0.15, 0.2) is 59.4 Å². The number of nitrogens with zero attached hydrogens (tertiary/aromatic N) is 4. The van der Waals surface area contributed by atoms with Crippen molar-refractivity contribution in [3.05, 3.63) is 66.2 Å². The summed E-state index contributed by atoms with van der Waals surface area (Å²) >= 11 is 0. The van der Waals surface area contributed by atoms with Crippen molar-refractivity contribution in [2.75, 3.05) is 25.5 Å². The zero-order chi connectivity index (χ0) is 23.5. The molecule has 5 rings (SSSR count). The molecule has 1 saturated heterocycles. The monoisotopic (exact) mass is 458 g/mol. The van der Waals surface area contributed by atoms with E-state index >= 15 is 0 Å². The first-order valence-electron chi connectivity index (χ1n) is 10.7. The number of ether oxygens (including phenoxy) is 2. The molecule has 2 N–H and O–H groups in total. The van der Waals surface area contributed by atoms with Crippen LogP contribution in [-0.4, -0.2) is 52.3 Å². The lowest BCUT2D eigenvalue weighted by Crippen LogP contribution is -2.50. The van der Waals surface area contributed by atoms with Gasteiger partial charge in [-0.25, -0.2) is 15.0 Å². The largest absolute Gasteiger partial charge is 0.479 e. The highest BCUT2D eigenvalue weighted by molar-refractivity contribution is 6.09. The Morgan fingerprint density at radius 2 is 1.85 bits per heavy atom. The summed E-state index contributed by atoms with van der Waals surface area (Å²) < 4.78 is 16.4. The predicted molar refractivity (Wildman–Crippen MR) is 124 cm³/mol. The van der Waals surface area contributed by atoms with Gasteiger partial charge in [-0.2, -0.15) is 0 Å². The number of carbonyl (C=O) groups excluding carboxylic acids is 1. The van der Waals surface area contributed by atoms with Gasteiger partial charge in [0, 0.05) is 36.6 Å². The molecule has 1 aliphatic rings. The average Bonchev–Trinajstić information content (AvgIpc) is 3.24. The molecule has 1 amide bonds. The fourth-order valence-corrected chi connectivity index (χ4v) is 3.47. The Bertz CT molecular complexity index is 1300. The highest BCUT2D eigenvalue weighted by Gasteiger charge is 2.23. The summed E-state index contributed by atoms with van der Waals surface area (Å²) in [6.45, 7) is 3.28. The molecular formula is C24H22N6O4. The third-order valence-corrected chi connectivity index (χ3v) is 5.38. The summed E-state index contributed by atoms with van der Waals surface area (Å²) in [6.07, 6.45) is 3.38. The van der Waals surface area contributed by atoms with E-state index in [4.69, 9.17) is 14.0 Å². The summed E-state index contributed by atoms with van der Waals surface area (Å²) in [5.41, 5.74) is 3.30. The molecule has 10 heteroatoms. The molecule has 0 spiro atoms. The maximum Gasteiger partial charge on any atom is 0.316 e. The number of nitrogens with one attached hydrogen (secondary N) is 2. The van der Waals surface area contributed by atoms with Gasteiger partial charge in [0.15, 0.2) is 0 Å². The Labute approximate surface area is 195 Å². The van der Waals surface area contributed by atoms with Crippen LogP contribution in [0.25, 0.3) is 22.5 Å². The number of benzene rings is 1. The molecule has 34 heavy (non-hydrogen) atoms. The zero-order valence-electron chi connectivity index (χ0n) is 18.6. The van der Waals surface area contributed by atoms with Crippen LogP contribution in [0.4, 0.5) is 5.69 Å². The minimum absolute atomic E-state index is 0.100. The Hall–Kier alpha value is -4.31. The number of hydrogen-bond donors (Lipinski definition) is 2. The second-order valence-corrected chi connectivity index (χ2v) is 7.69. The summed E-state index contributed by atoms with van der Waals surface area (Å²) in [5, 5.41) is 10.1. The highest BCUT2D eigenvalue weighted by atomic mass is 16.5. The van der Waals surface area contributed by atoms with E-state index in [9.17, 15) is 4.79 Å². The van der Waals surface area contributed by atoms with Crippen LogP contribution in [-0.2, 0) is 0 Å². The predicted octanol–water partition coefficient (Wildman–Crippen LogP) is 3.11. The highest BCUT2D eigenvalue weighted by Crippen LogP contribution is 2.30. The number of methoxy groups -OCH3 is 1. The molecule has 0 radical (unpaired) electrons. The van der Waals surface area contributed by atoms with E-state index in [0.29, 0.717) is 40.0 Å². The van der Waals surface area contributed by atoms with E-state index in [1.807, 2.05) is 30.3 Å². The molecule has 1 fully saturated rings. The standard InChI is InChI=1S/C24H22N6O4/c1-14-20(21(30-34-14)15-6-4-3-5-7-15)22(31)28-19-9-8-18(29-23(19)32-2)16-10-26-24(27-11-16)33-17-12-25-13-17/h3-11,17,25H,12-13H2,1-2H3,(H,28,31). The molecule has 10 nitrogen and oxygen atoms in total. The number of anilines is 1. The van der Waals surface area contributed by atoms with E-state index < -0.39 is 0 Å². The molecule has 0 atom stereocenters. The molecule has 172 valence electrons. The lowest BCUT2D eigenvalue weighted by Gasteiger charge is -2.26. The molecule has 4 aromatic rings. The lowest BCUT2D eigenvalue weighted by atomic mass is 10.1. The Morgan fingerprint density at radius 3 is 2.53 bits per heavy atom. The normalized spacial score (nSPS) is 13.2. The van der Waals surface area contributed by atoms with Crippen LogP contribution in [0, 0.1) is 6.92 Å². The first kappa shape index (κ1) is 21.5. The fraction of sp³-hybridized carbons (Fsp3) is 0.208. The molecule has 0 unspecified atom stereocenters. The third-order valence-electron chi connectivity index (χ3n) is 5.38. The molecular weight excluding hydrogens is 436 g/mol. The van der Waals surface area contributed by atoms with Crippen LogP contribution in [0.3, 0.4) is 0 Å². The van der Waals surface area contributed by atoms with Crippen LogP contribution in [0.1, 0.15) is 16.1 Å². The van der Waals surface area contributed by atoms with Crippen LogP contribution < -0.4 is 20.1 Å². The molecule has 0 saturated carbocycles. The smallest absolute Gasteiger partial charge is 0.316 e. The van der Waals surface area contributed by atoms with Crippen molar-refractivity contribution in [1.82, 2.24) is 25.4 Å². The zero-order valence-corrected chi connectivity index (χ0v) is 18.6. The summed E-state index contributed by atoms with van der Waals surface area (Å²) in [5.74, 6) is 0.292. The van der Waals surface area contributed by atoms with Gasteiger partial charge in [-0.05, 0) is 19.1 Å².